The summed E-state index contributed by atoms with van der Waals surface area (Å²) < 4.78 is 37.5. The number of nitrogens with zero attached hydrogens (tertiary/aromatic N) is 3. The lowest BCUT2D eigenvalue weighted by molar-refractivity contribution is -0.126. The Morgan fingerprint density at radius 3 is 2.63 bits per heavy atom. The maximum Gasteiger partial charge on any atom is 0.387 e. The molecular formula is C24H24Cl2F2N4O3. The summed E-state index contributed by atoms with van der Waals surface area (Å²) in [5.41, 5.74) is 1.90. The van der Waals surface area contributed by atoms with Gasteiger partial charge in [0, 0.05) is 31.7 Å². The Morgan fingerprint density at radius 1 is 1.14 bits per heavy atom. The second kappa shape index (κ2) is 10.2. The van der Waals surface area contributed by atoms with Crippen LogP contribution in [0.15, 0.2) is 36.4 Å². The molecule has 0 spiro atoms. The van der Waals surface area contributed by atoms with Crippen molar-refractivity contribution in [2.24, 2.45) is 5.92 Å². The number of nitrogens with one attached hydrogen (secondary N) is 1. The van der Waals surface area contributed by atoms with Gasteiger partial charge in [0.15, 0.2) is 0 Å². The van der Waals surface area contributed by atoms with Crippen molar-refractivity contribution in [1.29, 1.82) is 0 Å². The number of alkyl halides is 2. The molecule has 2 saturated heterocycles. The van der Waals surface area contributed by atoms with Crippen molar-refractivity contribution in [3.8, 4) is 11.4 Å². The van der Waals surface area contributed by atoms with E-state index in [0.29, 0.717) is 71.9 Å². The van der Waals surface area contributed by atoms with Crippen LogP contribution in [0.4, 0.5) is 14.7 Å². The van der Waals surface area contributed by atoms with E-state index in [9.17, 15) is 13.6 Å². The van der Waals surface area contributed by atoms with E-state index < -0.39 is 6.61 Å². The third kappa shape index (κ3) is 5.17. The molecule has 2 aliphatic rings. The summed E-state index contributed by atoms with van der Waals surface area (Å²) in [6, 6.07) is 9.91. The molecule has 2 aromatic carbocycles. The van der Waals surface area contributed by atoms with Crippen LogP contribution in [0, 0.1) is 5.92 Å². The Hall–Kier alpha value is -2.62. The number of rotatable bonds is 6. The molecule has 3 heterocycles. The van der Waals surface area contributed by atoms with Crippen molar-refractivity contribution < 1.29 is 23.0 Å². The largest absolute Gasteiger partial charge is 0.435 e. The van der Waals surface area contributed by atoms with Crippen molar-refractivity contribution in [1.82, 2.24) is 14.9 Å². The third-order valence-electron chi connectivity index (χ3n) is 6.40. The van der Waals surface area contributed by atoms with Crippen LogP contribution in [0.5, 0.6) is 5.75 Å². The molecule has 2 fully saturated rings. The Balaban J connectivity index is 1.44. The average molecular weight is 525 g/mol. The van der Waals surface area contributed by atoms with E-state index in [0.717, 1.165) is 6.42 Å². The molecule has 3 aromatic rings. The van der Waals surface area contributed by atoms with Crippen LogP contribution in [0.1, 0.15) is 19.3 Å². The van der Waals surface area contributed by atoms with E-state index >= 15 is 0 Å². The van der Waals surface area contributed by atoms with Crippen molar-refractivity contribution in [3.63, 3.8) is 0 Å². The highest BCUT2D eigenvalue weighted by Gasteiger charge is 2.30. The van der Waals surface area contributed by atoms with Gasteiger partial charge in [-0.2, -0.15) is 8.78 Å². The summed E-state index contributed by atoms with van der Waals surface area (Å²) in [5.74, 6) is 0.632. The smallest absolute Gasteiger partial charge is 0.387 e. The topological polar surface area (TPSA) is 68.6 Å². The summed E-state index contributed by atoms with van der Waals surface area (Å²) >= 11 is 12.5. The van der Waals surface area contributed by atoms with Crippen LogP contribution in [0.2, 0.25) is 10.0 Å². The maximum atomic E-state index is 12.8. The van der Waals surface area contributed by atoms with Crippen molar-refractivity contribution >= 4 is 46.1 Å². The molecule has 1 aromatic heterocycles. The number of aromatic nitrogens is 2. The van der Waals surface area contributed by atoms with E-state index in [4.69, 9.17) is 32.9 Å². The predicted octanol–water partition coefficient (Wildman–Crippen LogP) is 5.06. The van der Waals surface area contributed by atoms with Gasteiger partial charge in [-0.3, -0.25) is 9.36 Å². The van der Waals surface area contributed by atoms with Gasteiger partial charge in [0.25, 0.3) is 0 Å². The van der Waals surface area contributed by atoms with E-state index in [2.05, 4.69) is 15.0 Å². The number of ether oxygens (including phenoxy) is 2. The Bertz CT molecular complexity index is 1220. The summed E-state index contributed by atoms with van der Waals surface area (Å²) in [6.45, 7) is -0.474. The second-order valence-corrected chi connectivity index (χ2v) is 9.52. The number of carbonyl (C=O) groups excluding carboxylic acids is 1. The van der Waals surface area contributed by atoms with E-state index in [-0.39, 0.29) is 23.6 Å². The van der Waals surface area contributed by atoms with Gasteiger partial charge in [0.2, 0.25) is 11.9 Å². The van der Waals surface area contributed by atoms with Crippen LogP contribution in [0.25, 0.3) is 16.7 Å². The first-order valence-corrected chi connectivity index (χ1v) is 12.2. The van der Waals surface area contributed by atoms with Gasteiger partial charge in [0.1, 0.15) is 5.75 Å². The molecule has 0 bridgehead atoms. The minimum Gasteiger partial charge on any atom is -0.435 e. The highest BCUT2D eigenvalue weighted by molar-refractivity contribution is 6.42. The summed E-state index contributed by atoms with van der Waals surface area (Å²) in [5, 5.41) is 3.82. The fourth-order valence-electron chi connectivity index (χ4n) is 4.63. The molecule has 1 N–H and O–H groups in total. The third-order valence-corrected chi connectivity index (χ3v) is 7.13. The monoisotopic (exact) mass is 524 g/mol. The number of imidazole rings is 1. The van der Waals surface area contributed by atoms with Crippen LogP contribution in [-0.4, -0.2) is 54.4 Å². The predicted molar refractivity (Wildman–Crippen MR) is 130 cm³/mol. The highest BCUT2D eigenvalue weighted by atomic mass is 35.5. The van der Waals surface area contributed by atoms with Gasteiger partial charge in [0.05, 0.1) is 39.4 Å². The average Bonchev–Trinajstić information content (AvgIpc) is 3.47. The Labute approximate surface area is 210 Å². The molecule has 35 heavy (non-hydrogen) atoms. The number of carbonyl (C=O) groups is 1. The molecule has 5 rings (SSSR count). The minimum atomic E-state index is -2.93. The molecule has 11 heteroatoms. The van der Waals surface area contributed by atoms with Crippen LogP contribution < -0.4 is 15.0 Å². The van der Waals surface area contributed by atoms with Crippen LogP contribution >= 0.6 is 23.2 Å². The second-order valence-electron chi connectivity index (χ2n) is 8.71. The molecule has 0 aliphatic carbocycles. The first-order chi connectivity index (χ1) is 16.9. The number of amides is 1. The zero-order valence-corrected chi connectivity index (χ0v) is 20.2. The van der Waals surface area contributed by atoms with Gasteiger partial charge in [-0.25, -0.2) is 4.98 Å². The van der Waals surface area contributed by atoms with E-state index in [1.165, 1.54) is 12.1 Å². The lowest BCUT2D eigenvalue weighted by atomic mass is 9.95. The van der Waals surface area contributed by atoms with E-state index in [1.54, 1.807) is 24.3 Å². The van der Waals surface area contributed by atoms with Gasteiger partial charge in [-0.15, -0.1) is 0 Å². The van der Waals surface area contributed by atoms with Crippen molar-refractivity contribution in [2.75, 3.05) is 31.2 Å². The lowest BCUT2D eigenvalue weighted by Crippen LogP contribution is -2.44. The Kier molecular flexibility index (Phi) is 7.00. The zero-order valence-electron chi connectivity index (χ0n) is 18.7. The SMILES string of the molecule is O=C(N[C@@H]1CCOC1)C1CCN(c2nc3cc(Cl)c(Cl)cc3n2-c2cccc(OC(F)F)c2)CC1. The molecule has 186 valence electrons. The maximum absolute atomic E-state index is 12.8. The van der Waals surface area contributed by atoms with Gasteiger partial charge in [-0.05, 0) is 43.5 Å². The highest BCUT2D eigenvalue weighted by Crippen LogP contribution is 2.35. The number of halogens is 4. The fraction of sp³-hybridized carbons (Fsp3) is 0.417. The number of benzene rings is 2. The molecule has 1 atom stereocenters. The lowest BCUT2D eigenvalue weighted by Gasteiger charge is -2.32. The molecule has 0 saturated carbocycles. The summed E-state index contributed by atoms with van der Waals surface area (Å²) in [4.78, 5) is 19.6. The van der Waals surface area contributed by atoms with Crippen molar-refractivity contribution in [2.45, 2.75) is 31.9 Å². The van der Waals surface area contributed by atoms with Crippen molar-refractivity contribution in [3.05, 3.63) is 46.4 Å². The molecule has 2 aliphatic heterocycles. The fourth-order valence-corrected chi connectivity index (χ4v) is 4.95. The molecule has 7 nitrogen and oxygen atoms in total. The first kappa shape index (κ1) is 24.1. The normalized spacial score (nSPS) is 19.0. The number of hydrogen-bond donors (Lipinski definition) is 1. The number of hydrogen-bond acceptors (Lipinski definition) is 5. The summed E-state index contributed by atoms with van der Waals surface area (Å²) in [6.07, 6.45) is 2.17. The molecule has 0 radical (unpaired) electrons. The quantitative estimate of drug-likeness (QED) is 0.488. The molecular weight excluding hydrogens is 501 g/mol. The van der Waals surface area contributed by atoms with Gasteiger partial charge >= 0.3 is 6.61 Å². The number of anilines is 1. The van der Waals surface area contributed by atoms with E-state index in [1.807, 2.05) is 4.57 Å². The molecule has 1 amide bonds. The molecule has 0 unspecified atom stereocenters. The minimum absolute atomic E-state index is 0.0385. The number of fused-ring (bicyclic) bond motifs is 1. The Morgan fingerprint density at radius 2 is 1.91 bits per heavy atom. The first-order valence-electron chi connectivity index (χ1n) is 11.4. The zero-order chi connectivity index (χ0) is 24.5. The van der Waals surface area contributed by atoms with Gasteiger partial charge < -0.3 is 19.7 Å². The standard InChI is InChI=1S/C24H24Cl2F2N4O3/c25-18-11-20-21(12-19(18)26)32(16-2-1-3-17(10-16)35-23(27)28)24(30-20)31-7-4-14(5-8-31)22(33)29-15-6-9-34-13-15/h1-3,10-12,14-15,23H,4-9,13H2,(H,29,33)/t15-/m1/s1. The van der Waals surface area contributed by atoms with Crippen LogP contribution in [-0.2, 0) is 9.53 Å². The number of piperidine rings is 1. The van der Waals surface area contributed by atoms with Gasteiger partial charge in [-0.1, -0.05) is 29.3 Å². The van der Waals surface area contributed by atoms with Crippen LogP contribution in [0.3, 0.4) is 0 Å². The summed E-state index contributed by atoms with van der Waals surface area (Å²) in [7, 11) is 0.